The number of benzene rings is 2. The highest BCUT2D eigenvalue weighted by Crippen LogP contribution is 2.28. The summed E-state index contributed by atoms with van der Waals surface area (Å²) in [6.07, 6.45) is 2.07. The molecule has 0 aliphatic rings. The molecule has 3 heteroatoms. The van der Waals surface area contributed by atoms with E-state index >= 15 is 0 Å². The molecule has 0 fully saturated rings. The molecular weight excluding hydrogens is 286 g/mol. The van der Waals surface area contributed by atoms with Crippen molar-refractivity contribution in [3.8, 4) is 11.5 Å². The Morgan fingerprint density at radius 1 is 1.00 bits per heavy atom. The normalized spacial score (nSPS) is 12.0. The lowest BCUT2D eigenvalue weighted by Gasteiger charge is -2.13. The quantitative estimate of drug-likeness (QED) is 0.771. The van der Waals surface area contributed by atoms with Gasteiger partial charge in [0.1, 0.15) is 6.54 Å². The van der Waals surface area contributed by atoms with Crippen molar-refractivity contribution in [1.82, 2.24) is 0 Å². The Kier molecular flexibility index (Phi) is 6.95. The Bertz CT molecular complexity index is 583. The summed E-state index contributed by atoms with van der Waals surface area (Å²) in [5, 5.41) is 2.35. The molecule has 2 N–H and O–H groups in total. The first kappa shape index (κ1) is 17.4. The van der Waals surface area contributed by atoms with Gasteiger partial charge in [0.05, 0.1) is 19.8 Å². The summed E-state index contributed by atoms with van der Waals surface area (Å²) in [5.41, 5.74) is 2.55. The summed E-state index contributed by atoms with van der Waals surface area (Å²) in [7, 11) is 1.70. The third-order valence-corrected chi connectivity index (χ3v) is 4.12. The van der Waals surface area contributed by atoms with Gasteiger partial charge in [0.15, 0.2) is 11.5 Å². The molecule has 124 valence electrons. The monoisotopic (exact) mass is 314 g/mol. The molecule has 0 aromatic heterocycles. The van der Waals surface area contributed by atoms with E-state index < -0.39 is 0 Å². The van der Waals surface area contributed by atoms with Crippen LogP contribution in [-0.2, 0) is 13.0 Å². The molecule has 0 saturated heterocycles. The van der Waals surface area contributed by atoms with Crippen molar-refractivity contribution >= 4 is 0 Å². The molecule has 2 rings (SSSR count). The fraction of sp³-hybridized carbons (Fsp3) is 0.400. The third-order valence-electron chi connectivity index (χ3n) is 4.12. The standard InChI is InChI=1S/C20H27NO2/c1-4-16(2)21-15-18-10-11-19(20(14-18)22-3)23-13-12-17-8-6-5-7-9-17/h5-11,14,16,21H,4,12-13,15H2,1-3H3/p+1/t16-/m1/s1. The lowest BCUT2D eigenvalue weighted by molar-refractivity contribution is -0.701. The van der Waals surface area contributed by atoms with Crippen molar-refractivity contribution in [1.29, 1.82) is 0 Å². The minimum Gasteiger partial charge on any atom is -0.493 e. The highest BCUT2D eigenvalue weighted by atomic mass is 16.5. The largest absolute Gasteiger partial charge is 0.493 e. The fourth-order valence-electron chi connectivity index (χ4n) is 2.39. The van der Waals surface area contributed by atoms with E-state index in [4.69, 9.17) is 9.47 Å². The Morgan fingerprint density at radius 3 is 2.48 bits per heavy atom. The Morgan fingerprint density at radius 2 is 1.78 bits per heavy atom. The van der Waals surface area contributed by atoms with Gasteiger partial charge in [-0.1, -0.05) is 37.3 Å². The van der Waals surface area contributed by atoms with Crippen molar-refractivity contribution in [2.75, 3.05) is 13.7 Å². The first-order chi connectivity index (χ1) is 11.2. The van der Waals surface area contributed by atoms with Gasteiger partial charge in [0.25, 0.3) is 0 Å². The van der Waals surface area contributed by atoms with Crippen LogP contribution in [-0.4, -0.2) is 19.8 Å². The van der Waals surface area contributed by atoms with Gasteiger partial charge in [-0.2, -0.15) is 0 Å². The predicted octanol–water partition coefficient (Wildman–Crippen LogP) is 3.18. The van der Waals surface area contributed by atoms with Gasteiger partial charge in [-0.15, -0.1) is 0 Å². The lowest BCUT2D eigenvalue weighted by Crippen LogP contribution is -2.87. The van der Waals surface area contributed by atoms with E-state index in [0.717, 1.165) is 24.5 Å². The van der Waals surface area contributed by atoms with E-state index in [-0.39, 0.29) is 0 Å². The molecule has 0 spiro atoms. The first-order valence-electron chi connectivity index (χ1n) is 8.40. The molecular formula is C20H28NO2+. The summed E-state index contributed by atoms with van der Waals surface area (Å²) in [5.74, 6) is 1.63. The summed E-state index contributed by atoms with van der Waals surface area (Å²) < 4.78 is 11.4. The summed E-state index contributed by atoms with van der Waals surface area (Å²) >= 11 is 0. The smallest absolute Gasteiger partial charge is 0.161 e. The van der Waals surface area contributed by atoms with Crippen LogP contribution in [0, 0.1) is 0 Å². The second-order valence-electron chi connectivity index (χ2n) is 5.89. The van der Waals surface area contributed by atoms with Crippen LogP contribution in [0.3, 0.4) is 0 Å². The van der Waals surface area contributed by atoms with Gasteiger partial charge in [-0.05, 0) is 37.1 Å². The van der Waals surface area contributed by atoms with Crippen LogP contribution in [0.2, 0.25) is 0 Å². The predicted molar refractivity (Wildman–Crippen MR) is 94.0 cm³/mol. The van der Waals surface area contributed by atoms with E-state index in [0.29, 0.717) is 12.6 Å². The summed E-state index contributed by atoms with van der Waals surface area (Å²) in [6, 6.07) is 17.2. The fourth-order valence-corrected chi connectivity index (χ4v) is 2.39. The van der Waals surface area contributed by atoms with Crippen LogP contribution in [0.15, 0.2) is 48.5 Å². The van der Waals surface area contributed by atoms with Crippen molar-refractivity contribution in [2.24, 2.45) is 0 Å². The summed E-state index contributed by atoms with van der Waals surface area (Å²) in [6.45, 7) is 6.08. The van der Waals surface area contributed by atoms with Crippen LogP contribution in [0.1, 0.15) is 31.4 Å². The Hall–Kier alpha value is -2.00. The van der Waals surface area contributed by atoms with Crippen LogP contribution in [0.5, 0.6) is 11.5 Å². The number of nitrogens with two attached hydrogens (primary N) is 1. The average Bonchev–Trinajstić information content (AvgIpc) is 2.61. The van der Waals surface area contributed by atoms with Gasteiger partial charge in [-0.3, -0.25) is 0 Å². The minimum atomic E-state index is 0.641. The van der Waals surface area contributed by atoms with Gasteiger partial charge >= 0.3 is 0 Å². The maximum atomic E-state index is 5.90. The molecule has 23 heavy (non-hydrogen) atoms. The molecule has 0 radical (unpaired) electrons. The van der Waals surface area contributed by atoms with Crippen molar-refractivity contribution < 1.29 is 14.8 Å². The van der Waals surface area contributed by atoms with Gasteiger partial charge in [0, 0.05) is 12.0 Å². The molecule has 2 aromatic rings. The molecule has 0 saturated carbocycles. The molecule has 0 aliphatic heterocycles. The van der Waals surface area contributed by atoms with Gasteiger partial charge in [0.2, 0.25) is 0 Å². The average molecular weight is 314 g/mol. The van der Waals surface area contributed by atoms with Crippen LogP contribution < -0.4 is 14.8 Å². The molecule has 0 bridgehead atoms. The lowest BCUT2D eigenvalue weighted by atomic mass is 10.1. The minimum absolute atomic E-state index is 0.641. The zero-order chi connectivity index (χ0) is 16.5. The summed E-state index contributed by atoms with van der Waals surface area (Å²) in [4.78, 5) is 0. The number of ether oxygens (including phenoxy) is 2. The maximum Gasteiger partial charge on any atom is 0.161 e. The number of rotatable bonds is 9. The highest BCUT2D eigenvalue weighted by Gasteiger charge is 2.08. The molecule has 1 atom stereocenters. The van der Waals surface area contributed by atoms with Crippen molar-refractivity contribution in [3.63, 3.8) is 0 Å². The second kappa shape index (κ2) is 9.21. The van der Waals surface area contributed by atoms with Gasteiger partial charge < -0.3 is 14.8 Å². The topological polar surface area (TPSA) is 35.1 Å². The molecule has 0 heterocycles. The van der Waals surface area contributed by atoms with E-state index in [1.54, 1.807) is 7.11 Å². The van der Waals surface area contributed by atoms with Crippen LogP contribution in [0.25, 0.3) is 0 Å². The Labute approximate surface area is 139 Å². The molecule has 0 aliphatic carbocycles. The zero-order valence-electron chi connectivity index (χ0n) is 14.4. The SMILES string of the molecule is CC[C@@H](C)[NH2+]Cc1ccc(OCCc2ccccc2)c(OC)c1. The number of quaternary nitrogens is 1. The molecule has 2 aromatic carbocycles. The maximum absolute atomic E-state index is 5.90. The van der Waals surface area contributed by atoms with Crippen molar-refractivity contribution in [3.05, 3.63) is 59.7 Å². The highest BCUT2D eigenvalue weighted by molar-refractivity contribution is 5.42. The van der Waals surface area contributed by atoms with E-state index in [2.05, 4.69) is 55.6 Å². The number of methoxy groups -OCH3 is 1. The number of hydrogen-bond donors (Lipinski definition) is 1. The molecule has 0 unspecified atom stereocenters. The Balaban J connectivity index is 1.91. The van der Waals surface area contributed by atoms with Crippen LogP contribution >= 0.6 is 0 Å². The molecule has 0 amide bonds. The number of hydrogen-bond acceptors (Lipinski definition) is 2. The third kappa shape index (κ3) is 5.61. The van der Waals surface area contributed by atoms with E-state index in [1.807, 2.05) is 12.1 Å². The van der Waals surface area contributed by atoms with E-state index in [1.165, 1.54) is 17.5 Å². The van der Waals surface area contributed by atoms with Crippen molar-refractivity contribution in [2.45, 2.75) is 39.3 Å². The first-order valence-corrected chi connectivity index (χ1v) is 8.40. The van der Waals surface area contributed by atoms with Gasteiger partial charge in [-0.25, -0.2) is 0 Å². The van der Waals surface area contributed by atoms with E-state index in [9.17, 15) is 0 Å². The second-order valence-corrected chi connectivity index (χ2v) is 5.89. The van der Waals surface area contributed by atoms with Crippen LogP contribution in [0.4, 0.5) is 0 Å². The zero-order valence-corrected chi connectivity index (χ0v) is 14.4. The molecule has 3 nitrogen and oxygen atoms in total.